The van der Waals surface area contributed by atoms with Crippen LogP contribution in [0, 0.1) is 10.1 Å². The van der Waals surface area contributed by atoms with Crippen molar-refractivity contribution < 1.29 is 19.3 Å². The van der Waals surface area contributed by atoms with Crippen LogP contribution in [0.1, 0.15) is 22.8 Å². The highest BCUT2D eigenvalue weighted by Gasteiger charge is 2.23. The zero-order chi connectivity index (χ0) is 20.8. The van der Waals surface area contributed by atoms with Gasteiger partial charge in [0.1, 0.15) is 0 Å². The van der Waals surface area contributed by atoms with Crippen molar-refractivity contribution in [3.63, 3.8) is 0 Å². The zero-order valence-corrected chi connectivity index (χ0v) is 15.4. The highest BCUT2D eigenvalue weighted by atomic mass is 16.6. The van der Waals surface area contributed by atoms with Gasteiger partial charge in [-0.05, 0) is 13.0 Å². The number of nitrogens with two attached hydrogens (primary N) is 1. The van der Waals surface area contributed by atoms with Crippen LogP contribution in [0.25, 0.3) is 0 Å². The first kappa shape index (κ1) is 20.7. The minimum atomic E-state index is -0.771. The van der Waals surface area contributed by atoms with Crippen molar-refractivity contribution in [3.8, 4) is 0 Å². The minimum absolute atomic E-state index is 0.00905. The van der Waals surface area contributed by atoms with Crippen molar-refractivity contribution in [1.29, 1.82) is 0 Å². The number of rotatable bonds is 7. The van der Waals surface area contributed by atoms with Crippen LogP contribution >= 0.6 is 0 Å². The molecular formula is C19H20N4O5. The van der Waals surface area contributed by atoms with Crippen molar-refractivity contribution in [3.05, 3.63) is 69.8 Å². The monoisotopic (exact) mass is 384 g/mol. The van der Waals surface area contributed by atoms with Gasteiger partial charge in [0, 0.05) is 24.7 Å². The highest BCUT2D eigenvalue weighted by Crippen LogP contribution is 2.27. The fraction of sp³-hybridized carbons (Fsp3) is 0.211. The molecule has 0 aliphatic heterocycles. The van der Waals surface area contributed by atoms with Crippen LogP contribution in [0.3, 0.4) is 0 Å². The Morgan fingerprint density at radius 1 is 1.18 bits per heavy atom. The molecule has 2 aromatic carbocycles. The lowest BCUT2D eigenvalue weighted by atomic mass is 10.0. The molecule has 0 unspecified atom stereocenters. The number of nitro groups is 1. The summed E-state index contributed by atoms with van der Waals surface area (Å²) in [4.78, 5) is 48.5. The van der Waals surface area contributed by atoms with E-state index in [0.717, 1.165) is 6.07 Å². The van der Waals surface area contributed by atoms with Gasteiger partial charge < -0.3 is 16.0 Å². The Bertz CT molecular complexity index is 912. The molecule has 9 nitrogen and oxygen atoms in total. The number of nitrogens with one attached hydrogen (secondary N) is 1. The summed E-state index contributed by atoms with van der Waals surface area (Å²) in [5.74, 6) is -1.46. The van der Waals surface area contributed by atoms with Gasteiger partial charge in [0.05, 0.1) is 28.8 Å². The Morgan fingerprint density at radius 2 is 1.82 bits per heavy atom. The van der Waals surface area contributed by atoms with Crippen LogP contribution in [0.4, 0.5) is 11.4 Å². The molecule has 0 saturated carbocycles. The number of nitrogens with zero attached hydrogens (tertiary/aromatic N) is 2. The summed E-state index contributed by atoms with van der Waals surface area (Å²) in [5.41, 5.74) is 5.70. The second-order valence-electron chi connectivity index (χ2n) is 6.11. The Kier molecular flexibility index (Phi) is 6.56. The summed E-state index contributed by atoms with van der Waals surface area (Å²) in [6, 6.07) is 11.1. The Balaban J connectivity index is 2.37. The highest BCUT2D eigenvalue weighted by molar-refractivity contribution is 6.14. The van der Waals surface area contributed by atoms with Crippen molar-refractivity contribution >= 4 is 29.0 Å². The maximum Gasteiger partial charge on any atom is 0.270 e. The van der Waals surface area contributed by atoms with E-state index in [1.165, 1.54) is 31.0 Å². The van der Waals surface area contributed by atoms with Crippen molar-refractivity contribution in [2.45, 2.75) is 13.0 Å². The van der Waals surface area contributed by atoms with E-state index in [1.54, 1.807) is 30.3 Å². The van der Waals surface area contributed by atoms with E-state index in [9.17, 15) is 24.5 Å². The number of hydrogen-bond donors (Lipinski definition) is 2. The second kappa shape index (κ2) is 8.87. The molecule has 2 rings (SSSR count). The predicted molar refractivity (Wildman–Crippen MR) is 103 cm³/mol. The van der Waals surface area contributed by atoms with Crippen LogP contribution in [-0.2, 0) is 9.59 Å². The molecule has 0 aliphatic carbocycles. The maximum atomic E-state index is 12.9. The molecule has 0 spiro atoms. The van der Waals surface area contributed by atoms with E-state index in [1.807, 2.05) is 0 Å². The van der Waals surface area contributed by atoms with E-state index < -0.39 is 28.6 Å². The summed E-state index contributed by atoms with van der Waals surface area (Å²) in [6.07, 6.45) is 0. The van der Waals surface area contributed by atoms with E-state index in [0.29, 0.717) is 5.56 Å². The van der Waals surface area contributed by atoms with E-state index in [4.69, 9.17) is 5.73 Å². The third-order valence-corrected chi connectivity index (χ3v) is 4.03. The standard InChI is InChI=1S/C19H20N4O5/c1-12(20)19(26)21-11-17(24)22(2)16-9-8-14(23(27)28)10-15(16)18(25)13-6-4-3-5-7-13/h3-10,12H,11,20H2,1-2H3,(H,21,26)/t12-/m0/s1. The second-order valence-corrected chi connectivity index (χ2v) is 6.11. The van der Waals surface area contributed by atoms with Gasteiger partial charge in [-0.2, -0.15) is 0 Å². The van der Waals surface area contributed by atoms with Gasteiger partial charge in [-0.25, -0.2) is 0 Å². The summed E-state index contributed by atoms with van der Waals surface area (Å²) in [6.45, 7) is 1.16. The Morgan fingerprint density at radius 3 is 2.39 bits per heavy atom. The fourth-order valence-corrected chi connectivity index (χ4v) is 2.43. The Hall–Kier alpha value is -3.59. The normalized spacial score (nSPS) is 11.4. The number of nitro benzene ring substituents is 1. The van der Waals surface area contributed by atoms with Crippen LogP contribution in [-0.4, -0.2) is 42.2 Å². The van der Waals surface area contributed by atoms with Crippen LogP contribution in [0.15, 0.2) is 48.5 Å². The molecule has 0 fully saturated rings. The summed E-state index contributed by atoms with van der Waals surface area (Å²) in [7, 11) is 1.42. The van der Waals surface area contributed by atoms with E-state index in [2.05, 4.69) is 5.32 Å². The number of anilines is 1. The van der Waals surface area contributed by atoms with Gasteiger partial charge in [0.2, 0.25) is 11.8 Å². The number of hydrogen-bond acceptors (Lipinski definition) is 6. The number of likely N-dealkylation sites (N-methyl/N-ethyl adjacent to an activating group) is 1. The third kappa shape index (κ3) is 4.77. The van der Waals surface area contributed by atoms with Gasteiger partial charge in [-0.3, -0.25) is 24.5 Å². The number of non-ortho nitro benzene ring substituents is 1. The number of benzene rings is 2. The van der Waals surface area contributed by atoms with Gasteiger partial charge in [0.15, 0.2) is 5.78 Å². The lowest BCUT2D eigenvalue weighted by molar-refractivity contribution is -0.384. The van der Waals surface area contributed by atoms with Gasteiger partial charge in [-0.1, -0.05) is 30.3 Å². The molecule has 0 aromatic heterocycles. The molecule has 0 radical (unpaired) electrons. The topological polar surface area (TPSA) is 136 Å². The molecule has 0 heterocycles. The maximum absolute atomic E-state index is 12.9. The van der Waals surface area contributed by atoms with Crippen LogP contribution < -0.4 is 16.0 Å². The predicted octanol–water partition coefficient (Wildman–Crippen LogP) is 1.25. The van der Waals surface area contributed by atoms with Gasteiger partial charge >= 0.3 is 0 Å². The number of amides is 2. The molecule has 9 heteroatoms. The largest absolute Gasteiger partial charge is 0.346 e. The summed E-state index contributed by atoms with van der Waals surface area (Å²) >= 11 is 0. The molecule has 146 valence electrons. The lowest BCUT2D eigenvalue weighted by Gasteiger charge is -2.21. The molecule has 2 aromatic rings. The molecular weight excluding hydrogens is 364 g/mol. The quantitative estimate of drug-likeness (QED) is 0.419. The average Bonchev–Trinajstić information content (AvgIpc) is 2.70. The molecule has 1 atom stereocenters. The molecule has 28 heavy (non-hydrogen) atoms. The summed E-state index contributed by atoms with van der Waals surface area (Å²) < 4.78 is 0. The van der Waals surface area contributed by atoms with Crippen molar-refractivity contribution in [2.24, 2.45) is 5.73 Å². The molecule has 0 aliphatic rings. The van der Waals surface area contributed by atoms with Crippen molar-refractivity contribution in [1.82, 2.24) is 5.32 Å². The minimum Gasteiger partial charge on any atom is -0.346 e. The molecule has 0 saturated heterocycles. The first-order chi connectivity index (χ1) is 13.2. The number of carbonyl (C=O) groups is 3. The Labute approximate surface area is 161 Å². The molecule has 3 N–H and O–H groups in total. The average molecular weight is 384 g/mol. The van der Waals surface area contributed by atoms with Crippen molar-refractivity contribution in [2.75, 3.05) is 18.5 Å². The van der Waals surface area contributed by atoms with Gasteiger partial charge in [-0.15, -0.1) is 0 Å². The SMILES string of the molecule is C[C@H](N)C(=O)NCC(=O)N(C)c1ccc([N+](=O)[O-])cc1C(=O)c1ccccc1. The molecule has 2 amide bonds. The summed E-state index contributed by atoms with van der Waals surface area (Å²) in [5, 5.41) is 13.5. The third-order valence-electron chi connectivity index (χ3n) is 4.03. The zero-order valence-electron chi connectivity index (χ0n) is 15.4. The molecule has 0 bridgehead atoms. The van der Waals surface area contributed by atoms with Crippen LogP contribution in [0.2, 0.25) is 0 Å². The first-order valence-electron chi connectivity index (χ1n) is 8.40. The first-order valence-corrected chi connectivity index (χ1v) is 8.40. The number of carbonyl (C=O) groups excluding carboxylic acids is 3. The van der Waals surface area contributed by atoms with Crippen LogP contribution in [0.5, 0.6) is 0 Å². The smallest absolute Gasteiger partial charge is 0.270 e. The van der Waals surface area contributed by atoms with E-state index in [-0.39, 0.29) is 23.5 Å². The fourth-order valence-electron chi connectivity index (χ4n) is 2.43. The lowest BCUT2D eigenvalue weighted by Crippen LogP contribution is -2.44. The van der Waals surface area contributed by atoms with Gasteiger partial charge in [0.25, 0.3) is 5.69 Å². The van der Waals surface area contributed by atoms with E-state index >= 15 is 0 Å². The number of ketones is 1.